The number of hydrogen-bond donors (Lipinski definition) is 0. The van der Waals surface area contributed by atoms with E-state index in [4.69, 9.17) is 9.16 Å². The van der Waals surface area contributed by atoms with E-state index in [1.54, 1.807) is 0 Å². The van der Waals surface area contributed by atoms with Crippen LogP contribution in [-0.2, 0) is 18.8 Å². The minimum atomic E-state index is -1.97. The Morgan fingerprint density at radius 2 is 2.00 bits per heavy atom. The van der Waals surface area contributed by atoms with Crippen LogP contribution < -0.4 is 0 Å². The van der Waals surface area contributed by atoms with Crippen LogP contribution in [0.15, 0.2) is 23.3 Å². The molecular weight excluding hydrogens is 368 g/mol. The molecule has 0 spiro atoms. The molecular formula is C23H38O4Si. The lowest BCUT2D eigenvalue weighted by atomic mass is 9.59. The topological polar surface area (TPSA) is 52.6 Å². The maximum Gasteiger partial charge on any atom is 0.307 e. The minimum Gasteiger partial charge on any atom is -0.446 e. The third-order valence-electron chi connectivity index (χ3n) is 7.17. The molecule has 4 nitrogen and oxygen atoms in total. The van der Waals surface area contributed by atoms with E-state index >= 15 is 0 Å². The summed E-state index contributed by atoms with van der Waals surface area (Å²) >= 11 is 0. The van der Waals surface area contributed by atoms with Crippen LogP contribution in [0.3, 0.4) is 0 Å². The fourth-order valence-corrected chi connectivity index (χ4v) is 5.08. The van der Waals surface area contributed by atoms with Gasteiger partial charge in [-0.25, -0.2) is 0 Å². The first-order valence-electron chi connectivity index (χ1n) is 10.4. The molecule has 5 heteroatoms. The van der Waals surface area contributed by atoms with Gasteiger partial charge in [-0.3, -0.25) is 9.59 Å². The summed E-state index contributed by atoms with van der Waals surface area (Å²) < 4.78 is 12.1. The number of esters is 1. The molecule has 1 aliphatic carbocycles. The molecule has 1 saturated heterocycles. The summed E-state index contributed by atoms with van der Waals surface area (Å²) in [6.07, 6.45) is 8.23. The third-order valence-corrected chi connectivity index (χ3v) is 11.6. The van der Waals surface area contributed by atoms with Crippen LogP contribution >= 0.6 is 0 Å². The van der Waals surface area contributed by atoms with E-state index in [0.29, 0.717) is 13.0 Å². The second-order valence-electron chi connectivity index (χ2n) is 10.6. The Labute approximate surface area is 171 Å². The van der Waals surface area contributed by atoms with Crippen molar-refractivity contribution in [3.8, 4) is 0 Å². The number of aldehydes is 1. The van der Waals surface area contributed by atoms with Crippen molar-refractivity contribution in [3.05, 3.63) is 23.3 Å². The standard InChI is InChI=1S/C23H38O4Si/c1-17(2)10-9-12-22(6)13-11-18(15-26-28(7,8)21(3,4)5)23(16-24)19(22)14-20(25)27-23/h10-11,16,19H,9,12-15H2,1-8H3/t19-,22+,23+/m1/s1. The molecule has 0 N–H and O–H groups in total. The number of allylic oxidation sites excluding steroid dienone is 3. The molecule has 0 amide bonds. The van der Waals surface area contributed by atoms with Crippen molar-refractivity contribution in [1.82, 2.24) is 0 Å². The molecule has 2 aliphatic rings. The van der Waals surface area contributed by atoms with Gasteiger partial charge in [-0.1, -0.05) is 45.4 Å². The summed E-state index contributed by atoms with van der Waals surface area (Å²) in [7, 11) is -1.97. The highest BCUT2D eigenvalue weighted by atomic mass is 28.4. The number of fused-ring (bicyclic) bond motifs is 1. The Kier molecular flexibility index (Phi) is 6.52. The summed E-state index contributed by atoms with van der Waals surface area (Å²) in [5, 5.41) is 0.0845. The van der Waals surface area contributed by atoms with Crippen LogP contribution in [0.25, 0.3) is 0 Å². The van der Waals surface area contributed by atoms with Gasteiger partial charge in [-0.2, -0.15) is 0 Å². The van der Waals surface area contributed by atoms with Crippen molar-refractivity contribution < 1.29 is 18.8 Å². The zero-order valence-electron chi connectivity index (χ0n) is 19.0. The zero-order valence-corrected chi connectivity index (χ0v) is 20.0. The molecule has 0 aromatic carbocycles. The van der Waals surface area contributed by atoms with Crippen LogP contribution in [0.2, 0.25) is 18.1 Å². The quantitative estimate of drug-likeness (QED) is 0.239. The Hall–Kier alpha value is -1.20. The molecule has 28 heavy (non-hydrogen) atoms. The lowest BCUT2D eigenvalue weighted by Crippen LogP contribution is -2.51. The Bertz CT molecular complexity index is 681. The number of ether oxygens (including phenoxy) is 1. The van der Waals surface area contributed by atoms with Crippen LogP contribution in [0, 0.1) is 11.3 Å². The molecule has 3 atom stereocenters. The summed E-state index contributed by atoms with van der Waals surface area (Å²) in [6, 6.07) is 0. The normalized spacial score (nSPS) is 30.4. The van der Waals surface area contributed by atoms with Gasteiger partial charge in [0.15, 0.2) is 20.2 Å². The number of carbonyl (C=O) groups is 2. The summed E-state index contributed by atoms with van der Waals surface area (Å²) in [4.78, 5) is 24.6. The lowest BCUT2D eigenvalue weighted by Gasteiger charge is -2.46. The molecule has 1 aliphatic heterocycles. The number of rotatable bonds is 7. The molecule has 0 radical (unpaired) electrons. The van der Waals surface area contributed by atoms with Gasteiger partial charge >= 0.3 is 5.97 Å². The van der Waals surface area contributed by atoms with E-state index in [9.17, 15) is 9.59 Å². The smallest absolute Gasteiger partial charge is 0.307 e. The van der Waals surface area contributed by atoms with Crippen LogP contribution in [0.1, 0.15) is 67.2 Å². The van der Waals surface area contributed by atoms with Crippen molar-refractivity contribution in [2.24, 2.45) is 11.3 Å². The van der Waals surface area contributed by atoms with Gasteiger partial charge in [0, 0.05) is 11.5 Å². The van der Waals surface area contributed by atoms with Crippen LogP contribution in [0.4, 0.5) is 0 Å². The molecule has 0 bridgehead atoms. The Morgan fingerprint density at radius 1 is 1.36 bits per heavy atom. The monoisotopic (exact) mass is 406 g/mol. The summed E-state index contributed by atoms with van der Waals surface area (Å²) in [5.74, 6) is -0.399. The number of hydrogen-bond acceptors (Lipinski definition) is 4. The van der Waals surface area contributed by atoms with Crippen molar-refractivity contribution in [2.75, 3.05) is 6.61 Å². The SMILES string of the molecule is CC(C)=CCC[C@@]1(C)CC=C(CO[Si](C)(C)C(C)(C)C)[C@]2(C=O)OC(=O)C[C@H]12. The lowest BCUT2D eigenvalue weighted by molar-refractivity contribution is -0.153. The molecule has 1 fully saturated rings. The van der Waals surface area contributed by atoms with E-state index in [-0.39, 0.29) is 22.3 Å². The first-order valence-corrected chi connectivity index (χ1v) is 13.3. The van der Waals surface area contributed by atoms with E-state index in [2.05, 4.69) is 66.8 Å². The van der Waals surface area contributed by atoms with Crippen molar-refractivity contribution in [3.63, 3.8) is 0 Å². The van der Waals surface area contributed by atoms with Crippen molar-refractivity contribution >= 4 is 20.6 Å². The van der Waals surface area contributed by atoms with Crippen molar-refractivity contribution in [2.45, 2.75) is 91.0 Å². The molecule has 1 heterocycles. The van der Waals surface area contributed by atoms with Gasteiger partial charge in [-0.05, 0) is 56.7 Å². The van der Waals surface area contributed by atoms with Crippen LogP contribution in [-0.4, -0.2) is 32.8 Å². The fraction of sp³-hybridized carbons (Fsp3) is 0.739. The second kappa shape index (κ2) is 7.90. The maximum atomic E-state index is 12.3. The molecule has 2 rings (SSSR count). The van der Waals surface area contributed by atoms with Gasteiger partial charge in [0.25, 0.3) is 0 Å². The average Bonchev–Trinajstić information content (AvgIpc) is 2.92. The summed E-state index contributed by atoms with van der Waals surface area (Å²) in [6.45, 7) is 17.7. The predicted octanol–water partition coefficient (Wildman–Crippen LogP) is 5.59. The first kappa shape index (κ1) is 23.1. The molecule has 0 aromatic heterocycles. The number of carbonyl (C=O) groups excluding carboxylic acids is 2. The van der Waals surface area contributed by atoms with E-state index < -0.39 is 13.9 Å². The van der Waals surface area contributed by atoms with Crippen LogP contribution in [0.5, 0.6) is 0 Å². The van der Waals surface area contributed by atoms with Crippen molar-refractivity contribution in [1.29, 1.82) is 0 Å². The van der Waals surface area contributed by atoms with Gasteiger partial charge in [0.1, 0.15) is 0 Å². The molecule has 0 saturated carbocycles. The van der Waals surface area contributed by atoms with Gasteiger partial charge in [-0.15, -0.1) is 0 Å². The van der Waals surface area contributed by atoms with Gasteiger partial charge in [0.2, 0.25) is 0 Å². The van der Waals surface area contributed by atoms with E-state index in [1.165, 1.54) is 5.57 Å². The summed E-state index contributed by atoms with van der Waals surface area (Å²) in [5.41, 5.74) is 0.832. The largest absolute Gasteiger partial charge is 0.446 e. The highest BCUT2D eigenvalue weighted by molar-refractivity contribution is 6.74. The third kappa shape index (κ3) is 4.35. The Morgan fingerprint density at radius 3 is 2.54 bits per heavy atom. The Balaban J connectivity index is 2.31. The molecule has 158 valence electrons. The fourth-order valence-electron chi connectivity index (χ4n) is 4.13. The van der Waals surface area contributed by atoms with E-state index in [0.717, 1.165) is 31.1 Å². The van der Waals surface area contributed by atoms with E-state index in [1.807, 2.05) is 0 Å². The van der Waals surface area contributed by atoms with Gasteiger partial charge < -0.3 is 9.16 Å². The average molecular weight is 407 g/mol. The molecule has 0 aromatic rings. The first-order chi connectivity index (χ1) is 12.8. The second-order valence-corrected chi connectivity index (χ2v) is 15.4. The highest BCUT2D eigenvalue weighted by Gasteiger charge is 2.60. The maximum absolute atomic E-state index is 12.3. The minimum absolute atomic E-state index is 0.0845. The van der Waals surface area contributed by atoms with Gasteiger partial charge in [0.05, 0.1) is 13.0 Å². The molecule has 0 unspecified atom stereocenters. The predicted molar refractivity (Wildman–Crippen MR) is 116 cm³/mol. The zero-order chi connectivity index (χ0) is 21.4. The highest BCUT2D eigenvalue weighted by Crippen LogP contribution is 2.55.